The van der Waals surface area contributed by atoms with E-state index >= 15 is 0 Å². The van der Waals surface area contributed by atoms with Gasteiger partial charge in [0.05, 0.1) is 11.2 Å². The van der Waals surface area contributed by atoms with Crippen molar-refractivity contribution in [2.24, 2.45) is 0 Å². The summed E-state index contributed by atoms with van der Waals surface area (Å²) in [5.74, 6) is -0.256. The lowest BCUT2D eigenvalue weighted by Crippen LogP contribution is -2.43. The van der Waals surface area contributed by atoms with Crippen molar-refractivity contribution < 1.29 is 4.79 Å². The van der Waals surface area contributed by atoms with Crippen LogP contribution in [0.2, 0.25) is 0 Å². The number of aryl methyl sites for hydroxylation is 1. The van der Waals surface area contributed by atoms with Crippen molar-refractivity contribution in [3.8, 4) is 5.69 Å². The Hall–Kier alpha value is -3.45. The van der Waals surface area contributed by atoms with Crippen LogP contribution in [0.25, 0.3) is 15.9 Å². The fourth-order valence-corrected chi connectivity index (χ4v) is 4.43. The Morgan fingerprint density at radius 1 is 1.00 bits per heavy atom. The number of para-hydroxylation sites is 1. The van der Waals surface area contributed by atoms with Crippen molar-refractivity contribution in [3.05, 3.63) is 98.5 Å². The first kappa shape index (κ1) is 20.8. The summed E-state index contributed by atoms with van der Waals surface area (Å²) in [6, 6.07) is 20.5. The quantitative estimate of drug-likeness (QED) is 0.486. The highest BCUT2D eigenvalue weighted by Crippen LogP contribution is 2.16. The molecule has 1 N–H and O–H groups in total. The maximum Gasteiger partial charge on any atom is 0.336 e. The highest BCUT2D eigenvalue weighted by Gasteiger charge is 2.18. The largest absolute Gasteiger partial charge is 0.352 e. The second-order valence-corrected chi connectivity index (χ2v) is 8.39. The minimum Gasteiger partial charge on any atom is -0.352 e. The van der Waals surface area contributed by atoms with E-state index in [1.165, 1.54) is 21.5 Å². The zero-order valence-corrected chi connectivity index (χ0v) is 18.0. The van der Waals surface area contributed by atoms with Crippen molar-refractivity contribution in [2.75, 3.05) is 0 Å². The third-order valence-electron chi connectivity index (χ3n) is 5.19. The van der Waals surface area contributed by atoms with E-state index in [4.69, 9.17) is 0 Å². The molecule has 0 aliphatic rings. The zero-order valence-electron chi connectivity index (χ0n) is 17.2. The van der Waals surface area contributed by atoms with Gasteiger partial charge in [0.1, 0.15) is 11.2 Å². The van der Waals surface area contributed by atoms with Gasteiger partial charge >= 0.3 is 5.69 Å². The third kappa shape index (κ3) is 4.51. The van der Waals surface area contributed by atoms with Gasteiger partial charge in [-0.25, -0.2) is 9.36 Å². The molecule has 6 nitrogen and oxygen atoms in total. The number of nitrogens with zero attached hydrogens (tertiary/aromatic N) is 2. The monoisotopic (exact) mass is 433 g/mol. The van der Waals surface area contributed by atoms with Crippen molar-refractivity contribution >= 4 is 27.5 Å². The summed E-state index contributed by atoms with van der Waals surface area (Å²) in [6.07, 6.45) is 1.65. The predicted octanol–water partition coefficient (Wildman–Crippen LogP) is 3.35. The summed E-state index contributed by atoms with van der Waals surface area (Å²) in [4.78, 5) is 38.8. The molecular formula is C24H23N3O3S. The van der Waals surface area contributed by atoms with Gasteiger partial charge in [0.25, 0.3) is 5.56 Å². The molecule has 0 fully saturated rings. The van der Waals surface area contributed by atoms with Gasteiger partial charge in [-0.15, -0.1) is 11.3 Å². The molecule has 1 unspecified atom stereocenters. The van der Waals surface area contributed by atoms with E-state index in [0.29, 0.717) is 15.9 Å². The molecule has 158 valence electrons. The average Bonchev–Trinajstić information content (AvgIpc) is 3.27. The summed E-state index contributed by atoms with van der Waals surface area (Å²) in [5, 5.41) is 4.74. The Kier molecular flexibility index (Phi) is 6.13. The number of carbonyl (C=O) groups is 1. The highest BCUT2D eigenvalue weighted by atomic mass is 32.1. The number of hydrogen-bond donors (Lipinski definition) is 1. The second-order valence-electron chi connectivity index (χ2n) is 7.47. The normalized spacial score (nSPS) is 12.0. The molecule has 1 amide bonds. The molecule has 0 aliphatic heterocycles. The van der Waals surface area contributed by atoms with Gasteiger partial charge in [0, 0.05) is 6.04 Å². The molecule has 0 bridgehead atoms. The highest BCUT2D eigenvalue weighted by molar-refractivity contribution is 7.17. The molecule has 0 saturated heterocycles. The maximum atomic E-state index is 13.2. The Bertz CT molecular complexity index is 1310. The van der Waals surface area contributed by atoms with Crippen LogP contribution < -0.4 is 16.6 Å². The van der Waals surface area contributed by atoms with Crippen molar-refractivity contribution in [3.63, 3.8) is 0 Å². The molecule has 2 heterocycles. The Labute approximate surface area is 183 Å². The van der Waals surface area contributed by atoms with Crippen molar-refractivity contribution in [1.82, 2.24) is 14.5 Å². The fraction of sp³-hybridized carbons (Fsp3) is 0.208. The van der Waals surface area contributed by atoms with Gasteiger partial charge in [-0.1, -0.05) is 48.5 Å². The Balaban J connectivity index is 1.57. The molecule has 4 rings (SSSR count). The van der Waals surface area contributed by atoms with Crippen LogP contribution in [0.5, 0.6) is 0 Å². The smallest absolute Gasteiger partial charge is 0.336 e. The molecule has 4 aromatic rings. The minimum atomic E-state index is -0.519. The van der Waals surface area contributed by atoms with Gasteiger partial charge in [-0.05, 0) is 48.9 Å². The SMILES string of the molecule is CC(CCc1ccccc1)NC(=O)Cn1c(=O)n(-c2ccccc2)c(=O)c2sccc21. The van der Waals surface area contributed by atoms with Crippen LogP contribution in [-0.4, -0.2) is 21.1 Å². The fourth-order valence-electron chi connectivity index (χ4n) is 3.61. The summed E-state index contributed by atoms with van der Waals surface area (Å²) < 4.78 is 2.96. The van der Waals surface area contributed by atoms with Gasteiger partial charge < -0.3 is 5.32 Å². The summed E-state index contributed by atoms with van der Waals surface area (Å²) in [7, 11) is 0. The number of benzene rings is 2. The lowest BCUT2D eigenvalue weighted by Gasteiger charge is -2.16. The summed E-state index contributed by atoms with van der Waals surface area (Å²) in [6.45, 7) is 1.81. The molecule has 2 aromatic carbocycles. The maximum absolute atomic E-state index is 13.2. The summed E-state index contributed by atoms with van der Waals surface area (Å²) >= 11 is 1.27. The van der Waals surface area contributed by atoms with E-state index in [1.54, 1.807) is 35.7 Å². The number of aromatic nitrogens is 2. The molecule has 31 heavy (non-hydrogen) atoms. The van der Waals surface area contributed by atoms with Crippen LogP contribution in [0.4, 0.5) is 0 Å². The molecule has 7 heteroatoms. The topological polar surface area (TPSA) is 73.1 Å². The number of thiophene rings is 1. The Morgan fingerprint density at radius 3 is 2.39 bits per heavy atom. The van der Waals surface area contributed by atoms with E-state index in [9.17, 15) is 14.4 Å². The molecule has 1 atom stereocenters. The first-order valence-electron chi connectivity index (χ1n) is 10.2. The number of fused-ring (bicyclic) bond motifs is 1. The third-order valence-corrected chi connectivity index (χ3v) is 6.08. The number of amides is 1. The van der Waals surface area contributed by atoms with Crippen molar-refractivity contribution in [2.45, 2.75) is 32.4 Å². The van der Waals surface area contributed by atoms with Gasteiger partial charge in [-0.2, -0.15) is 0 Å². The first-order valence-corrected chi connectivity index (χ1v) is 11.0. The predicted molar refractivity (Wildman–Crippen MR) is 124 cm³/mol. The van der Waals surface area contributed by atoms with Crippen LogP contribution in [0, 0.1) is 0 Å². The van der Waals surface area contributed by atoms with E-state index in [0.717, 1.165) is 17.4 Å². The Morgan fingerprint density at radius 2 is 1.68 bits per heavy atom. The molecule has 0 spiro atoms. The lowest BCUT2D eigenvalue weighted by molar-refractivity contribution is -0.122. The van der Waals surface area contributed by atoms with Crippen molar-refractivity contribution in [1.29, 1.82) is 0 Å². The van der Waals surface area contributed by atoms with E-state index in [1.807, 2.05) is 31.2 Å². The second kappa shape index (κ2) is 9.14. The van der Waals surface area contributed by atoms with E-state index < -0.39 is 5.69 Å². The zero-order chi connectivity index (χ0) is 21.8. The number of nitrogens with one attached hydrogen (secondary N) is 1. The van der Waals surface area contributed by atoms with Crippen LogP contribution >= 0.6 is 11.3 Å². The number of hydrogen-bond acceptors (Lipinski definition) is 4. The van der Waals surface area contributed by atoms with Crippen LogP contribution in [0.15, 0.2) is 81.7 Å². The molecule has 0 saturated carbocycles. The van der Waals surface area contributed by atoms with E-state index in [-0.39, 0.29) is 24.1 Å². The summed E-state index contributed by atoms with van der Waals surface area (Å²) in [5.41, 5.74) is 1.30. The number of rotatable bonds is 7. The molecular weight excluding hydrogens is 410 g/mol. The van der Waals surface area contributed by atoms with Gasteiger partial charge in [-0.3, -0.25) is 14.2 Å². The van der Waals surface area contributed by atoms with Crippen LogP contribution in [0.3, 0.4) is 0 Å². The first-order chi connectivity index (χ1) is 15.0. The van der Waals surface area contributed by atoms with Gasteiger partial charge in [0.2, 0.25) is 5.91 Å². The van der Waals surface area contributed by atoms with Crippen LogP contribution in [0.1, 0.15) is 18.9 Å². The van der Waals surface area contributed by atoms with Crippen LogP contribution in [-0.2, 0) is 17.8 Å². The lowest BCUT2D eigenvalue weighted by atomic mass is 10.1. The van der Waals surface area contributed by atoms with Gasteiger partial charge in [0.15, 0.2) is 0 Å². The molecule has 0 aliphatic carbocycles. The standard InChI is InChI=1S/C24H23N3O3S/c1-17(12-13-18-8-4-2-5-9-18)25-21(28)16-26-20-14-15-31-22(20)23(29)27(24(26)30)19-10-6-3-7-11-19/h2-11,14-15,17H,12-13,16H2,1H3,(H,25,28). The van der Waals surface area contributed by atoms with E-state index in [2.05, 4.69) is 17.4 Å². The minimum absolute atomic E-state index is 0.0404. The molecule has 2 aromatic heterocycles. The number of carbonyl (C=O) groups excluding carboxylic acids is 1. The average molecular weight is 434 g/mol. The molecule has 0 radical (unpaired) electrons.